The van der Waals surface area contributed by atoms with Crippen molar-refractivity contribution >= 4 is 15.7 Å². The molecule has 0 radical (unpaired) electrons. The summed E-state index contributed by atoms with van der Waals surface area (Å²) >= 11 is 0. The highest BCUT2D eigenvalue weighted by molar-refractivity contribution is 7.89. The molecule has 25 heavy (non-hydrogen) atoms. The molecule has 0 heterocycles. The lowest BCUT2D eigenvalue weighted by molar-refractivity contribution is -0.385. The molecular formula is C17H20N2O5S. The van der Waals surface area contributed by atoms with E-state index in [0.717, 1.165) is 17.2 Å². The van der Waals surface area contributed by atoms with E-state index in [1.165, 1.54) is 12.1 Å². The molecule has 0 spiro atoms. The minimum Gasteiger partial charge on any atom is -0.492 e. The zero-order chi connectivity index (χ0) is 18.6. The Kier molecular flexibility index (Phi) is 5.76. The number of nitrogens with one attached hydrogen (secondary N) is 1. The lowest BCUT2D eigenvalue weighted by Crippen LogP contribution is -2.29. The number of rotatable bonds is 7. The molecule has 0 aliphatic heterocycles. The third kappa shape index (κ3) is 4.55. The number of sulfonamides is 1. The van der Waals surface area contributed by atoms with E-state index in [2.05, 4.69) is 4.72 Å². The van der Waals surface area contributed by atoms with Crippen LogP contribution in [0.5, 0.6) is 5.75 Å². The highest BCUT2D eigenvalue weighted by atomic mass is 32.2. The lowest BCUT2D eigenvalue weighted by Gasteiger charge is -2.12. The summed E-state index contributed by atoms with van der Waals surface area (Å²) in [5.41, 5.74) is 2.26. The van der Waals surface area contributed by atoms with Crippen LogP contribution >= 0.6 is 0 Å². The van der Waals surface area contributed by atoms with E-state index >= 15 is 0 Å². The van der Waals surface area contributed by atoms with Crippen molar-refractivity contribution in [3.05, 3.63) is 63.2 Å². The Bertz CT molecular complexity index is 894. The summed E-state index contributed by atoms with van der Waals surface area (Å²) in [6, 6.07) is 9.41. The molecule has 0 saturated heterocycles. The second-order valence-electron chi connectivity index (χ2n) is 5.65. The van der Waals surface area contributed by atoms with Gasteiger partial charge in [-0.3, -0.25) is 10.1 Å². The van der Waals surface area contributed by atoms with E-state index in [9.17, 15) is 18.5 Å². The largest absolute Gasteiger partial charge is 0.492 e. The van der Waals surface area contributed by atoms with E-state index in [1.807, 2.05) is 32.0 Å². The summed E-state index contributed by atoms with van der Waals surface area (Å²) in [5, 5.41) is 10.8. The lowest BCUT2D eigenvalue weighted by atomic mass is 10.1. The summed E-state index contributed by atoms with van der Waals surface area (Å²) in [7, 11) is -3.85. The number of benzene rings is 2. The first kappa shape index (κ1) is 18.9. The standard InChI is InChI=1S/C17H20N2O5S/c1-12-5-4-6-16(14(12)3)24-10-9-18-25(22,23)17-11-15(19(20)21)8-7-13(17)2/h4-8,11,18H,9-10H2,1-3H3. The topological polar surface area (TPSA) is 98.5 Å². The van der Waals surface area contributed by atoms with Crippen LogP contribution in [-0.4, -0.2) is 26.5 Å². The number of nitro groups is 1. The second kappa shape index (κ2) is 7.62. The maximum atomic E-state index is 12.4. The van der Waals surface area contributed by atoms with Crippen molar-refractivity contribution in [2.45, 2.75) is 25.7 Å². The Hall–Kier alpha value is -2.45. The van der Waals surface area contributed by atoms with Crippen LogP contribution in [0, 0.1) is 30.9 Å². The number of nitro benzene ring substituents is 1. The molecule has 0 aliphatic rings. The van der Waals surface area contributed by atoms with Gasteiger partial charge in [0, 0.05) is 18.7 Å². The fourth-order valence-corrected chi connectivity index (χ4v) is 3.56. The number of hydrogen-bond acceptors (Lipinski definition) is 5. The number of nitrogens with zero attached hydrogens (tertiary/aromatic N) is 1. The second-order valence-corrected chi connectivity index (χ2v) is 7.39. The average Bonchev–Trinajstić information content (AvgIpc) is 2.55. The normalized spacial score (nSPS) is 11.3. The van der Waals surface area contributed by atoms with Crippen LogP contribution in [0.3, 0.4) is 0 Å². The monoisotopic (exact) mass is 364 g/mol. The van der Waals surface area contributed by atoms with Gasteiger partial charge >= 0.3 is 0 Å². The van der Waals surface area contributed by atoms with Crippen molar-refractivity contribution in [2.75, 3.05) is 13.2 Å². The van der Waals surface area contributed by atoms with Crippen LogP contribution in [0.4, 0.5) is 5.69 Å². The Labute approximate surface area is 146 Å². The van der Waals surface area contributed by atoms with Gasteiger partial charge in [0.2, 0.25) is 10.0 Å². The molecule has 0 aliphatic carbocycles. The molecule has 0 aromatic heterocycles. The predicted octanol–water partition coefficient (Wildman–Crippen LogP) is 2.88. The molecule has 134 valence electrons. The number of hydrogen-bond donors (Lipinski definition) is 1. The van der Waals surface area contributed by atoms with Gasteiger partial charge in [-0.2, -0.15) is 0 Å². The van der Waals surface area contributed by atoms with Crippen LogP contribution in [0.2, 0.25) is 0 Å². The Morgan fingerprint density at radius 3 is 2.52 bits per heavy atom. The van der Waals surface area contributed by atoms with Crippen LogP contribution in [0.15, 0.2) is 41.3 Å². The van der Waals surface area contributed by atoms with Crippen LogP contribution in [-0.2, 0) is 10.0 Å². The van der Waals surface area contributed by atoms with Gasteiger partial charge in [0.1, 0.15) is 12.4 Å². The quantitative estimate of drug-likeness (QED) is 0.463. The first-order valence-electron chi connectivity index (χ1n) is 7.66. The van der Waals surface area contributed by atoms with Crippen molar-refractivity contribution in [1.29, 1.82) is 0 Å². The number of ether oxygens (including phenoxy) is 1. The van der Waals surface area contributed by atoms with Gasteiger partial charge in [0.15, 0.2) is 0 Å². The summed E-state index contributed by atoms with van der Waals surface area (Å²) in [6.07, 6.45) is 0. The minimum atomic E-state index is -3.85. The average molecular weight is 364 g/mol. The van der Waals surface area contributed by atoms with Crippen LogP contribution in [0.25, 0.3) is 0 Å². The fourth-order valence-electron chi connectivity index (χ4n) is 2.29. The molecule has 0 atom stereocenters. The Morgan fingerprint density at radius 2 is 1.84 bits per heavy atom. The molecule has 2 aromatic carbocycles. The molecule has 0 fully saturated rings. The summed E-state index contributed by atoms with van der Waals surface area (Å²) in [6.45, 7) is 5.69. The summed E-state index contributed by atoms with van der Waals surface area (Å²) in [4.78, 5) is 10.1. The molecule has 0 unspecified atom stereocenters. The van der Waals surface area contributed by atoms with Gasteiger partial charge in [-0.05, 0) is 43.5 Å². The third-order valence-electron chi connectivity index (χ3n) is 3.88. The summed E-state index contributed by atoms with van der Waals surface area (Å²) < 4.78 is 32.8. The third-order valence-corrected chi connectivity index (χ3v) is 5.48. The SMILES string of the molecule is Cc1ccc([N+](=O)[O-])cc1S(=O)(=O)NCCOc1cccc(C)c1C. The van der Waals surface area contributed by atoms with Crippen molar-refractivity contribution in [2.24, 2.45) is 0 Å². The zero-order valence-corrected chi connectivity index (χ0v) is 15.1. The van der Waals surface area contributed by atoms with E-state index in [-0.39, 0.29) is 23.7 Å². The molecular weight excluding hydrogens is 344 g/mol. The first-order valence-corrected chi connectivity index (χ1v) is 9.14. The Balaban J connectivity index is 2.04. The van der Waals surface area contributed by atoms with Crippen molar-refractivity contribution < 1.29 is 18.1 Å². The minimum absolute atomic E-state index is 0.0534. The first-order chi connectivity index (χ1) is 11.7. The molecule has 1 N–H and O–H groups in total. The highest BCUT2D eigenvalue weighted by Gasteiger charge is 2.20. The molecule has 2 aromatic rings. The van der Waals surface area contributed by atoms with Gasteiger partial charge in [-0.15, -0.1) is 0 Å². The maximum Gasteiger partial charge on any atom is 0.270 e. The Morgan fingerprint density at radius 1 is 1.12 bits per heavy atom. The molecule has 2 rings (SSSR count). The molecule has 7 nitrogen and oxygen atoms in total. The zero-order valence-electron chi connectivity index (χ0n) is 14.3. The smallest absolute Gasteiger partial charge is 0.270 e. The summed E-state index contributed by atoms with van der Waals surface area (Å²) in [5.74, 6) is 0.700. The van der Waals surface area contributed by atoms with Crippen molar-refractivity contribution in [3.8, 4) is 5.75 Å². The van der Waals surface area contributed by atoms with Gasteiger partial charge in [-0.1, -0.05) is 18.2 Å². The highest BCUT2D eigenvalue weighted by Crippen LogP contribution is 2.22. The van der Waals surface area contributed by atoms with Gasteiger partial charge in [0.25, 0.3) is 5.69 Å². The van der Waals surface area contributed by atoms with E-state index in [4.69, 9.17) is 4.74 Å². The van der Waals surface area contributed by atoms with E-state index < -0.39 is 14.9 Å². The van der Waals surface area contributed by atoms with Crippen LogP contribution in [0.1, 0.15) is 16.7 Å². The molecule has 0 bridgehead atoms. The van der Waals surface area contributed by atoms with Gasteiger partial charge in [0.05, 0.1) is 9.82 Å². The molecule has 0 amide bonds. The maximum absolute atomic E-state index is 12.4. The van der Waals surface area contributed by atoms with E-state index in [0.29, 0.717) is 11.3 Å². The van der Waals surface area contributed by atoms with Gasteiger partial charge in [-0.25, -0.2) is 13.1 Å². The molecule has 8 heteroatoms. The van der Waals surface area contributed by atoms with E-state index in [1.54, 1.807) is 6.92 Å². The van der Waals surface area contributed by atoms with Crippen molar-refractivity contribution in [3.63, 3.8) is 0 Å². The molecule has 0 saturated carbocycles. The van der Waals surface area contributed by atoms with Gasteiger partial charge < -0.3 is 4.74 Å². The fraction of sp³-hybridized carbons (Fsp3) is 0.294. The number of non-ortho nitro benzene ring substituents is 1. The van der Waals surface area contributed by atoms with Crippen molar-refractivity contribution in [1.82, 2.24) is 4.72 Å². The van der Waals surface area contributed by atoms with Crippen LogP contribution < -0.4 is 9.46 Å². The number of aryl methyl sites for hydroxylation is 2. The predicted molar refractivity (Wildman–Crippen MR) is 94.4 cm³/mol.